The summed E-state index contributed by atoms with van der Waals surface area (Å²) in [6.45, 7) is 0. The van der Waals surface area contributed by atoms with Gasteiger partial charge in [-0.15, -0.1) is 0 Å². The maximum Gasteiger partial charge on any atom is 0.171 e. The molecular weight excluding hydrogens is 826 g/mol. The van der Waals surface area contributed by atoms with E-state index in [0.29, 0.717) is 55.6 Å². The summed E-state index contributed by atoms with van der Waals surface area (Å²) in [6, 6.07) is 58.4. The third-order valence-corrected chi connectivity index (χ3v) is 14.4. The smallest absolute Gasteiger partial charge is 0.171 e. The lowest BCUT2D eigenvalue weighted by molar-refractivity contribution is 0.592. The van der Waals surface area contributed by atoms with Crippen molar-refractivity contribution in [1.82, 2.24) is 15.0 Å². The molecule has 0 aliphatic carbocycles. The van der Waals surface area contributed by atoms with E-state index < -0.39 is 30.4 Å². The number of nitrogens with zero attached hydrogens (tertiary/aromatic N) is 3. The van der Waals surface area contributed by atoms with Crippen molar-refractivity contribution >= 4 is 33.8 Å². The summed E-state index contributed by atoms with van der Waals surface area (Å²) < 4.78 is 75.1. The summed E-state index contributed by atoms with van der Waals surface area (Å²) in [5.74, 6) is -0.965. The third kappa shape index (κ3) is 7.59. The second-order valence-electron chi connectivity index (χ2n) is 15.2. The molecule has 0 spiro atoms. The highest BCUT2D eigenvalue weighted by Crippen LogP contribution is 2.44. The van der Waals surface area contributed by atoms with Gasteiger partial charge >= 0.3 is 0 Å². The zero-order valence-electron chi connectivity index (χ0n) is 33.8. The Labute approximate surface area is 366 Å². The molecular formula is C55H34F4N3OP. The molecule has 0 saturated carbocycles. The first kappa shape index (κ1) is 40.3. The average molecular weight is 860 g/mol. The van der Waals surface area contributed by atoms with Gasteiger partial charge in [0.15, 0.2) is 24.6 Å². The van der Waals surface area contributed by atoms with E-state index in [-0.39, 0.29) is 11.1 Å². The van der Waals surface area contributed by atoms with Crippen molar-refractivity contribution < 1.29 is 22.1 Å². The molecule has 308 valence electrons. The molecule has 10 aromatic rings. The Hall–Kier alpha value is -7.80. The lowest BCUT2D eigenvalue weighted by Gasteiger charge is -2.21. The topological polar surface area (TPSA) is 55.7 Å². The molecule has 64 heavy (non-hydrogen) atoms. The Balaban J connectivity index is 0.987. The minimum Gasteiger partial charge on any atom is -0.309 e. The second kappa shape index (κ2) is 16.8. The number of halogens is 4. The van der Waals surface area contributed by atoms with Crippen molar-refractivity contribution in [2.24, 2.45) is 0 Å². The van der Waals surface area contributed by atoms with E-state index in [1.165, 1.54) is 36.4 Å². The Kier molecular flexibility index (Phi) is 10.6. The molecule has 0 bridgehead atoms. The predicted octanol–water partition coefficient (Wildman–Crippen LogP) is 13.2. The van der Waals surface area contributed by atoms with Crippen LogP contribution in [0.3, 0.4) is 0 Å². The molecule has 9 aromatic carbocycles. The number of hydrogen-bond donors (Lipinski definition) is 0. The van der Waals surface area contributed by atoms with Crippen molar-refractivity contribution in [2.75, 3.05) is 0 Å². The van der Waals surface area contributed by atoms with Gasteiger partial charge in [0.25, 0.3) is 0 Å². The molecule has 0 aliphatic heterocycles. The van der Waals surface area contributed by atoms with E-state index in [9.17, 15) is 8.78 Å². The number of aromatic nitrogens is 3. The van der Waals surface area contributed by atoms with Crippen molar-refractivity contribution in [3.05, 3.63) is 230 Å². The van der Waals surface area contributed by atoms with Gasteiger partial charge in [0.05, 0.1) is 0 Å². The van der Waals surface area contributed by atoms with Crippen LogP contribution in [0.5, 0.6) is 0 Å². The highest BCUT2D eigenvalue weighted by Gasteiger charge is 2.30. The summed E-state index contributed by atoms with van der Waals surface area (Å²) in [5, 5.41) is 3.55. The summed E-state index contributed by atoms with van der Waals surface area (Å²) in [4.78, 5) is 14.3. The van der Waals surface area contributed by atoms with Crippen LogP contribution in [0.2, 0.25) is 0 Å². The maximum atomic E-state index is 16.2. The number of benzene rings is 9. The van der Waals surface area contributed by atoms with Gasteiger partial charge in [0.2, 0.25) is 0 Å². The molecule has 0 unspecified atom stereocenters. The summed E-state index contributed by atoms with van der Waals surface area (Å²) in [7, 11) is -3.35. The lowest BCUT2D eigenvalue weighted by Crippen LogP contribution is -2.25. The number of rotatable bonds is 9. The fraction of sp³-hybridized carbons (Fsp3) is 0. The molecule has 1 aromatic heterocycles. The van der Waals surface area contributed by atoms with E-state index >= 15 is 13.3 Å². The van der Waals surface area contributed by atoms with Gasteiger partial charge in [0.1, 0.15) is 23.3 Å². The van der Waals surface area contributed by atoms with Gasteiger partial charge in [-0.2, -0.15) is 0 Å². The Morgan fingerprint density at radius 3 is 1.25 bits per heavy atom. The number of fused-ring (bicyclic) bond motifs is 1. The summed E-state index contributed by atoms with van der Waals surface area (Å²) in [6.07, 6.45) is 0. The van der Waals surface area contributed by atoms with Gasteiger partial charge in [-0.05, 0) is 106 Å². The molecule has 4 nitrogen and oxygen atoms in total. The molecule has 9 heteroatoms. The van der Waals surface area contributed by atoms with Gasteiger partial charge < -0.3 is 4.57 Å². The fourth-order valence-corrected chi connectivity index (χ4v) is 10.8. The van der Waals surface area contributed by atoms with Crippen LogP contribution in [-0.2, 0) is 4.57 Å². The molecule has 0 N–H and O–H groups in total. The standard InChI is InChI=1S/C55H34F4N3OP/c56-40-26-22-37(23-27-40)53-60-54(38-24-28-41(57)29-25-38)62-55(61-53)48-31-30-45(46-16-7-8-17-47(46)48)35-18-20-36(21-19-35)49-33-52(59)50(34-51(49)58)39-10-9-15-44(32-39)64(63,42-11-3-1-4-12-42)43-13-5-2-6-14-43/h1-34H. The summed E-state index contributed by atoms with van der Waals surface area (Å²) >= 11 is 0. The van der Waals surface area contributed by atoms with E-state index in [0.717, 1.165) is 27.5 Å². The van der Waals surface area contributed by atoms with Crippen LogP contribution in [0.1, 0.15) is 0 Å². The first-order valence-electron chi connectivity index (χ1n) is 20.5. The quantitative estimate of drug-likeness (QED) is 0.107. The zero-order valence-corrected chi connectivity index (χ0v) is 34.7. The SMILES string of the molecule is O=P(c1ccccc1)(c1ccccc1)c1cccc(-c2cc(F)c(-c3ccc(-c4ccc(-c5nc(-c6ccc(F)cc6)nc(-c6ccc(F)cc6)n5)c5ccccc45)cc3)cc2F)c1. The normalized spacial score (nSPS) is 11.5. The highest BCUT2D eigenvalue weighted by atomic mass is 31.2. The van der Waals surface area contributed by atoms with Crippen LogP contribution in [0, 0.1) is 23.3 Å². The number of hydrogen-bond acceptors (Lipinski definition) is 4. The Morgan fingerprint density at radius 1 is 0.312 bits per heavy atom. The molecule has 0 saturated heterocycles. The molecule has 1 heterocycles. The van der Waals surface area contributed by atoms with Crippen LogP contribution in [0.25, 0.3) is 78.3 Å². The fourth-order valence-electron chi connectivity index (χ4n) is 8.11. The molecule has 0 fully saturated rings. The predicted molar refractivity (Wildman–Crippen MR) is 249 cm³/mol. The Bertz CT molecular complexity index is 3280. The average Bonchev–Trinajstić information content (AvgIpc) is 3.35. The first-order valence-corrected chi connectivity index (χ1v) is 22.2. The lowest BCUT2D eigenvalue weighted by atomic mass is 9.93. The van der Waals surface area contributed by atoms with Crippen LogP contribution >= 0.6 is 7.14 Å². The van der Waals surface area contributed by atoms with Crippen LogP contribution < -0.4 is 15.9 Å². The van der Waals surface area contributed by atoms with Gasteiger partial charge in [0, 0.05) is 43.7 Å². The van der Waals surface area contributed by atoms with E-state index in [1.807, 2.05) is 109 Å². The monoisotopic (exact) mass is 859 g/mol. The van der Waals surface area contributed by atoms with Gasteiger partial charge in [-0.25, -0.2) is 32.5 Å². The molecule has 0 atom stereocenters. The van der Waals surface area contributed by atoms with Crippen molar-refractivity contribution in [3.63, 3.8) is 0 Å². The largest absolute Gasteiger partial charge is 0.309 e. The van der Waals surface area contributed by atoms with Crippen LogP contribution in [0.15, 0.2) is 206 Å². The van der Waals surface area contributed by atoms with Gasteiger partial charge in [-0.3, -0.25) is 0 Å². The molecule has 10 rings (SSSR count). The molecule has 0 radical (unpaired) electrons. The molecule has 0 amide bonds. The van der Waals surface area contributed by atoms with E-state index in [2.05, 4.69) is 4.98 Å². The zero-order chi connectivity index (χ0) is 43.8. The van der Waals surface area contributed by atoms with Crippen molar-refractivity contribution in [1.29, 1.82) is 0 Å². The molecule has 0 aliphatic rings. The minimum absolute atomic E-state index is 0.0618. The van der Waals surface area contributed by atoms with E-state index in [1.54, 1.807) is 60.7 Å². The first-order chi connectivity index (χ1) is 31.2. The maximum absolute atomic E-state index is 16.2. The van der Waals surface area contributed by atoms with Crippen LogP contribution in [0.4, 0.5) is 17.6 Å². The third-order valence-electron chi connectivity index (χ3n) is 11.3. The summed E-state index contributed by atoms with van der Waals surface area (Å²) in [5.41, 5.74) is 4.70. The Morgan fingerprint density at radius 2 is 0.719 bits per heavy atom. The van der Waals surface area contributed by atoms with Crippen molar-refractivity contribution in [3.8, 4) is 67.5 Å². The highest BCUT2D eigenvalue weighted by molar-refractivity contribution is 7.85. The van der Waals surface area contributed by atoms with Crippen molar-refractivity contribution in [2.45, 2.75) is 0 Å². The van der Waals surface area contributed by atoms with Crippen LogP contribution in [-0.4, -0.2) is 15.0 Å². The van der Waals surface area contributed by atoms with E-state index in [4.69, 9.17) is 9.97 Å². The van der Waals surface area contributed by atoms with Gasteiger partial charge in [-0.1, -0.05) is 133 Å². The minimum atomic E-state index is -3.35. The second-order valence-corrected chi connectivity index (χ2v) is 18.0.